The maximum atomic E-state index is 12.7. The Morgan fingerprint density at radius 2 is 2.11 bits per heavy atom. The van der Waals surface area contributed by atoms with E-state index in [1.807, 2.05) is 13.2 Å². The maximum absolute atomic E-state index is 12.7. The second-order valence-electron chi connectivity index (χ2n) is 8.09. The van der Waals surface area contributed by atoms with E-state index < -0.39 is 0 Å². The van der Waals surface area contributed by atoms with Gasteiger partial charge >= 0.3 is 0 Å². The summed E-state index contributed by atoms with van der Waals surface area (Å²) >= 11 is 1.39. The Kier molecular flexibility index (Phi) is 4.38. The molecule has 4 heterocycles. The standard InChI is InChI=1S/C19H24N6OS/c1-19(2,3)15-11-25-10-13(5-6-16(25)23-15)22-17(26)14-8-20-18(27-14)12-7-21-24(4)9-12/h7-9,11,13H,5-6,10H2,1-4H3,(H,22,26). The number of amides is 1. The Labute approximate surface area is 162 Å². The van der Waals surface area contributed by atoms with Crippen molar-refractivity contribution in [2.75, 3.05) is 0 Å². The molecule has 8 heteroatoms. The highest BCUT2D eigenvalue weighted by molar-refractivity contribution is 7.16. The predicted octanol–water partition coefficient (Wildman–Crippen LogP) is 2.78. The van der Waals surface area contributed by atoms with Gasteiger partial charge in [0, 0.05) is 49.4 Å². The van der Waals surface area contributed by atoms with Gasteiger partial charge in [-0.1, -0.05) is 20.8 Å². The number of thiazole rings is 1. The number of rotatable bonds is 3. The second-order valence-corrected chi connectivity index (χ2v) is 9.12. The monoisotopic (exact) mass is 384 g/mol. The molecular formula is C19H24N6OS. The molecule has 0 aromatic carbocycles. The lowest BCUT2D eigenvalue weighted by atomic mass is 9.93. The minimum atomic E-state index is -0.0627. The number of fused-ring (bicyclic) bond motifs is 1. The van der Waals surface area contributed by atoms with E-state index >= 15 is 0 Å². The van der Waals surface area contributed by atoms with Crippen molar-refractivity contribution in [2.45, 2.75) is 51.6 Å². The van der Waals surface area contributed by atoms with Crippen LogP contribution in [0.4, 0.5) is 0 Å². The van der Waals surface area contributed by atoms with Crippen LogP contribution in [0.2, 0.25) is 0 Å². The van der Waals surface area contributed by atoms with E-state index in [2.05, 4.69) is 46.9 Å². The first-order valence-corrected chi connectivity index (χ1v) is 9.93. The number of aryl methyl sites for hydroxylation is 2. The van der Waals surface area contributed by atoms with Crippen LogP contribution in [0.25, 0.3) is 10.6 Å². The highest BCUT2D eigenvalue weighted by Crippen LogP contribution is 2.26. The zero-order valence-electron chi connectivity index (χ0n) is 16.1. The third-order valence-corrected chi connectivity index (χ3v) is 5.82. The normalized spacial score (nSPS) is 17.0. The number of hydrogen-bond acceptors (Lipinski definition) is 5. The summed E-state index contributed by atoms with van der Waals surface area (Å²) in [6.07, 6.45) is 9.21. The zero-order valence-corrected chi connectivity index (χ0v) is 16.9. The lowest BCUT2D eigenvalue weighted by Crippen LogP contribution is -2.40. The van der Waals surface area contributed by atoms with Crippen LogP contribution in [0.5, 0.6) is 0 Å². The van der Waals surface area contributed by atoms with Crippen LogP contribution in [0.15, 0.2) is 24.8 Å². The Morgan fingerprint density at radius 3 is 2.81 bits per heavy atom. The topological polar surface area (TPSA) is 77.6 Å². The van der Waals surface area contributed by atoms with Gasteiger partial charge in [0.15, 0.2) is 0 Å². The third-order valence-electron chi connectivity index (χ3n) is 4.78. The fourth-order valence-corrected chi connectivity index (χ4v) is 4.02. The number of carbonyl (C=O) groups excluding carboxylic acids is 1. The van der Waals surface area contributed by atoms with Gasteiger partial charge in [-0.05, 0) is 6.42 Å². The summed E-state index contributed by atoms with van der Waals surface area (Å²) in [4.78, 5) is 22.4. The average molecular weight is 385 g/mol. The van der Waals surface area contributed by atoms with Gasteiger partial charge < -0.3 is 9.88 Å². The van der Waals surface area contributed by atoms with Crippen LogP contribution in [0.3, 0.4) is 0 Å². The molecule has 1 atom stereocenters. The molecule has 0 bridgehead atoms. The fourth-order valence-electron chi connectivity index (χ4n) is 3.22. The fraction of sp³-hybridized carbons (Fsp3) is 0.474. The highest BCUT2D eigenvalue weighted by atomic mass is 32.1. The Balaban J connectivity index is 1.43. The molecule has 7 nitrogen and oxygen atoms in total. The van der Waals surface area contributed by atoms with Crippen molar-refractivity contribution in [3.8, 4) is 10.6 Å². The van der Waals surface area contributed by atoms with Crippen LogP contribution in [0, 0.1) is 0 Å². The molecule has 3 aromatic rings. The molecule has 0 saturated heterocycles. The summed E-state index contributed by atoms with van der Waals surface area (Å²) in [5.41, 5.74) is 2.07. The van der Waals surface area contributed by atoms with Crippen molar-refractivity contribution in [3.05, 3.63) is 41.2 Å². The molecule has 3 aromatic heterocycles. The molecule has 0 spiro atoms. The first-order valence-electron chi connectivity index (χ1n) is 9.12. The van der Waals surface area contributed by atoms with E-state index in [1.165, 1.54) is 11.3 Å². The summed E-state index contributed by atoms with van der Waals surface area (Å²) in [5, 5.41) is 8.12. The number of hydrogen-bond donors (Lipinski definition) is 1. The molecule has 1 aliphatic heterocycles. The number of nitrogens with one attached hydrogen (secondary N) is 1. The Morgan fingerprint density at radius 1 is 1.30 bits per heavy atom. The third kappa shape index (κ3) is 3.66. The molecule has 1 N–H and O–H groups in total. The summed E-state index contributed by atoms with van der Waals surface area (Å²) < 4.78 is 3.91. The van der Waals surface area contributed by atoms with Crippen LogP contribution < -0.4 is 5.32 Å². The van der Waals surface area contributed by atoms with E-state index in [1.54, 1.807) is 17.1 Å². The lowest BCUT2D eigenvalue weighted by molar-refractivity contribution is 0.0931. The van der Waals surface area contributed by atoms with E-state index in [0.717, 1.165) is 41.5 Å². The maximum Gasteiger partial charge on any atom is 0.263 e. The number of nitrogens with zero attached hydrogens (tertiary/aromatic N) is 5. The minimum Gasteiger partial charge on any atom is -0.347 e. The molecule has 1 aliphatic rings. The molecule has 0 fully saturated rings. The van der Waals surface area contributed by atoms with Crippen molar-refractivity contribution in [2.24, 2.45) is 7.05 Å². The molecule has 1 unspecified atom stereocenters. The van der Waals surface area contributed by atoms with E-state index in [-0.39, 0.29) is 17.4 Å². The van der Waals surface area contributed by atoms with Gasteiger partial charge in [0.05, 0.1) is 18.1 Å². The second kappa shape index (κ2) is 6.60. The summed E-state index contributed by atoms with van der Waals surface area (Å²) in [6, 6.07) is 0.107. The first-order chi connectivity index (χ1) is 12.8. The van der Waals surface area contributed by atoms with E-state index in [0.29, 0.717) is 4.88 Å². The quantitative estimate of drug-likeness (QED) is 0.753. The van der Waals surface area contributed by atoms with Crippen LogP contribution in [-0.2, 0) is 25.4 Å². The van der Waals surface area contributed by atoms with Gasteiger partial charge in [-0.15, -0.1) is 11.3 Å². The molecule has 0 saturated carbocycles. The Hall–Kier alpha value is -2.48. The van der Waals surface area contributed by atoms with Gasteiger partial charge in [-0.3, -0.25) is 9.48 Å². The molecule has 0 aliphatic carbocycles. The van der Waals surface area contributed by atoms with Gasteiger partial charge in [0.25, 0.3) is 5.91 Å². The van der Waals surface area contributed by atoms with Crippen molar-refractivity contribution in [1.29, 1.82) is 0 Å². The molecule has 0 radical (unpaired) electrons. The van der Waals surface area contributed by atoms with Gasteiger partial charge in [0.2, 0.25) is 0 Å². The van der Waals surface area contributed by atoms with Crippen molar-refractivity contribution < 1.29 is 4.79 Å². The number of carbonyl (C=O) groups is 1. The number of imidazole rings is 1. The first kappa shape index (κ1) is 17.9. The average Bonchev–Trinajstić information content (AvgIpc) is 3.32. The molecular weight excluding hydrogens is 360 g/mol. The smallest absolute Gasteiger partial charge is 0.263 e. The van der Waals surface area contributed by atoms with Crippen molar-refractivity contribution >= 4 is 17.2 Å². The Bertz CT molecular complexity index is 977. The van der Waals surface area contributed by atoms with E-state index in [4.69, 9.17) is 4.98 Å². The van der Waals surface area contributed by atoms with E-state index in [9.17, 15) is 4.79 Å². The predicted molar refractivity (Wildman–Crippen MR) is 105 cm³/mol. The lowest BCUT2D eigenvalue weighted by Gasteiger charge is -2.24. The highest BCUT2D eigenvalue weighted by Gasteiger charge is 2.26. The molecule has 4 rings (SSSR count). The van der Waals surface area contributed by atoms with Crippen LogP contribution in [-0.4, -0.2) is 36.3 Å². The van der Waals surface area contributed by atoms with Gasteiger partial charge in [0.1, 0.15) is 15.7 Å². The number of aromatic nitrogens is 5. The summed E-state index contributed by atoms with van der Waals surface area (Å²) in [5.74, 6) is 1.05. The molecule has 142 valence electrons. The zero-order chi connectivity index (χ0) is 19.2. The molecule has 27 heavy (non-hydrogen) atoms. The summed E-state index contributed by atoms with van der Waals surface area (Å²) in [6.45, 7) is 7.27. The minimum absolute atomic E-state index is 0.0361. The van der Waals surface area contributed by atoms with Gasteiger partial charge in [-0.2, -0.15) is 5.10 Å². The van der Waals surface area contributed by atoms with Crippen molar-refractivity contribution in [1.82, 2.24) is 29.6 Å². The van der Waals surface area contributed by atoms with Crippen LogP contribution >= 0.6 is 11.3 Å². The SMILES string of the molecule is Cn1cc(-c2ncc(C(=O)NC3CCc4nc(C(C)(C)C)cn4C3)s2)cn1. The molecule has 1 amide bonds. The largest absolute Gasteiger partial charge is 0.347 e. The van der Waals surface area contributed by atoms with Gasteiger partial charge in [-0.25, -0.2) is 9.97 Å². The van der Waals surface area contributed by atoms with Crippen LogP contribution in [0.1, 0.15) is 48.4 Å². The summed E-state index contributed by atoms with van der Waals surface area (Å²) in [7, 11) is 1.86. The van der Waals surface area contributed by atoms with Crippen molar-refractivity contribution in [3.63, 3.8) is 0 Å².